The van der Waals surface area contributed by atoms with Crippen molar-refractivity contribution >= 4 is 5.69 Å². The van der Waals surface area contributed by atoms with E-state index in [-0.39, 0.29) is 0 Å². The fourth-order valence-corrected chi connectivity index (χ4v) is 3.30. The van der Waals surface area contributed by atoms with Crippen LogP contribution in [0, 0.1) is 11.3 Å². The molecular weight excluding hydrogens is 212 g/mol. The number of aromatic nitrogens is 1. The topological polar surface area (TPSA) is 65.9 Å². The van der Waals surface area contributed by atoms with Crippen molar-refractivity contribution < 1.29 is 0 Å². The zero-order valence-electron chi connectivity index (χ0n) is 9.71. The van der Waals surface area contributed by atoms with E-state index in [1.807, 2.05) is 6.20 Å². The number of nitrogens with two attached hydrogens (primary N) is 1. The first-order valence-electron chi connectivity index (χ1n) is 6.17. The summed E-state index contributed by atoms with van der Waals surface area (Å²) in [7, 11) is 0. The number of piperidine rings is 1. The number of rotatable bonds is 1. The van der Waals surface area contributed by atoms with Gasteiger partial charge in [-0.15, -0.1) is 0 Å². The van der Waals surface area contributed by atoms with Crippen LogP contribution in [0.3, 0.4) is 0 Å². The van der Waals surface area contributed by atoms with E-state index in [4.69, 9.17) is 11.0 Å². The second-order valence-corrected chi connectivity index (χ2v) is 5.03. The lowest BCUT2D eigenvalue weighted by atomic mass is 9.97. The molecule has 4 heteroatoms. The Morgan fingerprint density at radius 1 is 1.35 bits per heavy atom. The molecule has 1 aromatic rings. The van der Waals surface area contributed by atoms with Crippen LogP contribution in [0.4, 0.5) is 5.69 Å². The molecule has 3 rings (SSSR count). The highest BCUT2D eigenvalue weighted by molar-refractivity contribution is 5.60. The molecule has 2 N–H and O–H groups in total. The molecule has 2 unspecified atom stereocenters. The quantitative estimate of drug-likeness (QED) is 0.789. The summed E-state index contributed by atoms with van der Waals surface area (Å²) in [4.78, 5) is 6.54. The monoisotopic (exact) mass is 228 g/mol. The molecule has 2 saturated heterocycles. The van der Waals surface area contributed by atoms with Gasteiger partial charge in [0.1, 0.15) is 6.07 Å². The van der Waals surface area contributed by atoms with Gasteiger partial charge in [-0.3, -0.25) is 4.98 Å². The average Bonchev–Trinajstić information content (AvgIpc) is 2.61. The largest absolute Gasteiger partial charge is 0.363 e. The van der Waals surface area contributed by atoms with Crippen LogP contribution < -0.4 is 10.6 Å². The van der Waals surface area contributed by atoms with Gasteiger partial charge in [0.15, 0.2) is 0 Å². The summed E-state index contributed by atoms with van der Waals surface area (Å²) in [5.41, 5.74) is 7.78. The molecule has 0 amide bonds. The number of pyridine rings is 1. The number of anilines is 1. The van der Waals surface area contributed by atoms with E-state index in [9.17, 15) is 0 Å². The van der Waals surface area contributed by atoms with E-state index in [1.165, 1.54) is 12.8 Å². The maximum atomic E-state index is 9.16. The van der Waals surface area contributed by atoms with E-state index < -0.39 is 0 Å². The highest BCUT2D eigenvalue weighted by Crippen LogP contribution is 2.39. The second-order valence-electron chi connectivity index (χ2n) is 5.03. The third-order valence-corrected chi connectivity index (χ3v) is 3.97. The van der Waals surface area contributed by atoms with Gasteiger partial charge < -0.3 is 10.6 Å². The molecular formula is C13H16N4. The maximum Gasteiger partial charge on any atom is 0.101 e. The van der Waals surface area contributed by atoms with Gasteiger partial charge in [0.25, 0.3) is 0 Å². The number of fused-ring (bicyclic) bond motifs is 2. The Bertz CT molecular complexity index is 451. The van der Waals surface area contributed by atoms with Gasteiger partial charge in [-0.1, -0.05) is 0 Å². The lowest BCUT2D eigenvalue weighted by Crippen LogP contribution is -2.47. The van der Waals surface area contributed by atoms with E-state index in [2.05, 4.69) is 16.0 Å². The molecule has 2 bridgehead atoms. The fourth-order valence-electron chi connectivity index (χ4n) is 3.30. The summed E-state index contributed by atoms with van der Waals surface area (Å²) >= 11 is 0. The van der Waals surface area contributed by atoms with Gasteiger partial charge in [0.2, 0.25) is 0 Å². The van der Waals surface area contributed by atoms with Crippen molar-refractivity contribution in [1.82, 2.24) is 4.98 Å². The molecule has 3 heterocycles. The van der Waals surface area contributed by atoms with Crippen LogP contribution in [0.2, 0.25) is 0 Å². The Morgan fingerprint density at radius 3 is 2.71 bits per heavy atom. The number of nitrogens with zero attached hydrogens (tertiary/aromatic N) is 3. The molecule has 0 radical (unpaired) electrons. The lowest BCUT2D eigenvalue weighted by molar-refractivity contribution is 0.414. The Labute approximate surface area is 101 Å². The summed E-state index contributed by atoms with van der Waals surface area (Å²) in [6, 6.07) is 5.38. The zero-order valence-corrected chi connectivity index (χ0v) is 9.71. The number of hydrogen-bond acceptors (Lipinski definition) is 4. The normalized spacial score (nSPS) is 31.3. The Morgan fingerprint density at radius 2 is 2.06 bits per heavy atom. The Hall–Kier alpha value is -1.60. The molecule has 2 aliphatic rings. The molecule has 17 heavy (non-hydrogen) atoms. The van der Waals surface area contributed by atoms with Gasteiger partial charge in [-0.25, -0.2) is 0 Å². The SMILES string of the molecule is N#Cc1ccncc1N1C2CCC1CC(N)C2. The van der Waals surface area contributed by atoms with Crippen molar-refractivity contribution in [3.05, 3.63) is 24.0 Å². The third kappa shape index (κ3) is 1.67. The summed E-state index contributed by atoms with van der Waals surface area (Å²) in [5, 5.41) is 9.16. The predicted molar refractivity (Wildman–Crippen MR) is 65.5 cm³/mol. The molecule has 1 aromatic heterocycles. The first kappa shape index (κ1) is 10.5. The molecule has 0 saturated carbocycles. The zero-order chi connectivity index (χ0) is 11.8. The maximum absolute atomic E-state index is 9.16. The van der Waals surface area contributed by atoms with E-state index >= 15 is 0 Å². The standard InChI is InChI=1S/C13H16N4/c14-7-9-3-4-16-8-13(9)17-11-1-2-12(17)6-10(15)5-11/h3-4,8,10-12H,1-2,5-6,15H2. The predicted octanol–water partition coefficient (Wildman–Crippen LogP) is 1.41. The van der Waals surface area contributed by atoms with Crippen LogP contribution in [0.15, 0.2) is 18.5 Å². The van der Waals surface area contributed by atoms with E-state index in [1.54, 1.807) is 12.3 Å². The highest BCUT2D eigenvalue weighted by atomic mass is 15.2. The van der Waals surface area contributed by atoms with Crippen LogP contribution in [-0.2, 0) is 0 Å². The number of nitriles is 1. The van der Waals surface area contributed by atoms with Crippen LogP contribution in [0.25, 0.3) is 0 Å². The summed E-state index contributed by atoms with van der Waals surface area (Å²) in [6.07, 6.45) is 7.96. The molecule has 4 nitrogen and oxygen atoms in total. The van der Waals surface area contributed by atoms with Gasteiger partial charge in [0, 0.05) is 24.3 Å². The van der Waals surface area contributed by atoms with Gasteiger partial charge in [-0.05, 0) is 31.7 Å². The third-order valence-electron chi connectivity index (χ3n) is 3.97. The van der Waals surface area contributed by atoms with E-state index in [0.717, 1.165) is 24.1 Å². The van der Waals surface area contributed by atoms with Crippen LogP contribution in [0.5, 0.6) is 0 Å². The molecule has 0 spiro atoms. The van der Waals surface area contributed by atoms with Crippen molar-refractivity contribution in [2.45, 2.75) is 43.8 Å². The van der Waals surface area contributed by atoms with Crippen molar-refractivity contribution in [2.24, 2.45) is 5.73 Å². The minimum absolute atomic E-state index is 0.325. The minimum Gasteiger partial charge on any atom is -0.363 e. The molecule has 88 valence electrons. The first-order valence-corrected chi connectivity index (χ1v) is 6.17. The second kappa shape index (κ2) is 4.01. The van der Waals surface area contributed by atoms with Crippen LogP contribution >= 0.6 is 0 Å². The smallest absolute Gasteiger partial charge is 0.101 e. The van der Waals surface area contributed by atoms with Gasteiger partial charge >= 0.3 is 0 Å². The van der Waals surface area contributed by atoms with Crippen LogP contribution in [-0.4, -0.2) is 23.1 Å². The van der Waals surface area contributed by atoms with Crippen LogP contribution in [0.1, 0.15) is 31.2 Å². The first-order chi connectivity index (χ1) is 8.29. The molecule has 2 aliphatic heterocycles. The Balaban J connectivity index is 1.98. The lowest BCUT2D eigenvalue weighted by Gasteiger charge is -2.39. The summed E-state index contributed by atoms with van der Waals surface area (Å²) in [5.74, 6) is 0. The average molecular weight is 228 g/mol. The molecule has 2 fully saturated rings. The highest BCUT2D eigenvalue weighted by Gasteiger charge is 2.40. The number of hydrogen-bond donors (Lipinski definition) is 1. The van der Waals surface area contributed by atoms with E-state index in [0.29, 0.717) is 18.1 Å². The van der Waals surface area contributed by atoms with Crippen molar-refractivity contribution in [1.29, 1.82) is 5.26 Å². The van der Waals surface area contributed by atoms with Crippen molar-refractivity contribution in [2.75, 3.05) is 4.90 Å². The van der Waals surface area contributed by atoms with Crippen molar-refractivity contribution in [3.63, 3.8) is 0 Å². The molecule has 2 atom stereocenters. The fraction of sp³-hybridized carbons (Fsp3) is 0.538. The minimum atomic E-state index is 0.325. The van der Waals surface area contributed by atoms with Gasteiger partial charge in [0.05, 0.1) is 17.4 Å². The Kier molecular flexibility index (Phi) is 2.49. The molecule has 0 aromatic carbocycles. The summed E-state index contributed by atoms with van der Waals surface area (Å²) < 4.78 is 0. The summed E-state index contributed by atoms with van der Waals surface area (Å²) in [6.45, 7) is 0. The molecule has 0 aliphatic carbocycles. The van der Waals surface area contributed by atoms with Gasteiger partial charge in [-0.2, -0.15) is 5.26 Å². The van der Waals surface area contributed by atoms with Crippen molar-refractivity contribution in [3.8, 4) is 6.07 Å².